The summed E-state index contributed by atoms with van der Waals surface area (Å²) in [4.78, 5) is 36.5. The van der Waals surface area contributed by atoms with Crippen molar-refractivity contribution in [3.63, 3.8) is 0 Å². The molecule has 3 aromatic heterocycles. The van der Waals surface area contributed by atoms with Crippen LogP contribution >= 0.6 is 11.3 Å². The molecule has 0 saturated carbocycles. The van der Waals surface area contributed by atoms with Crippen molar-refractivity contribution >= 4 is 22.4 Å². The summed E-state index contributed by atoms with van der Waals surface area (Å²) in [7, 11) is 0. The van der Waals surface area contributed by atoms with Gasteiger partial charge in [-0.05, 0) is 26.0 Å². The van der Waals surface area contributed by atoms with Gasteiger partial charge in [-0.1, -0.05) is 0 Å². The van der Waals surface area contributed by atoms with Gasteiger partial charge in [0.15, 0.2) is 0 Å². The highest BCUT2D eigenvalue weighted by molar-refractivity contribution is 7.11. The zero-order chi connectivity index (χ0) is 15.0. The van der Waals surface area contributed by atoms with Gasteiger partial charge in [0.05, 0.1) is 16.1 Å². The number of nitrogens with zero attached hydrogens (tertiary/aromatic N) is 3. The van der Waals surface area contributed by atoms with Crippen molar-refractivity contribution in [1.29, 1.82) is 0 Å². The SMILES string of the molecule is Cc1nc(C)c(CCn2c(=O)[nH]c3ncccc3c2=O)s1. The molecule has 0 aromatic carbocycles. The van der Waals surface area contributed by atoms with E-state index in [-0.39, 0.29) is 5.56 Å². The Morgan fingerprint density at radius 2 is 2.14 bits per heavy atom. The van der Waals surface area contributed by atoms with Gasteiger partial charge in [0.25, 0.3) is 5.56 Å². The molecule has 0 bridgehead atoms. The van der Waals surface area contributed by atoms with Crippen molar-refractivity contribution in [2.45, 2.75) is 26.8 Å². The molecule has 0 aliphatic rings. The molecule has 0 saturated heterocycles. The second-order valence-corrected chi connectivity index (χ2v) is 6.07. The molecule has 0 unspecified atom stereocenters. The van der Waals surface area contributed by atoms with Crippen LogP contribution in [-0.4, -0.2) is 19.5 Å². The molecule has 0 fully saturated rings. The lowest BCUT2D eigenvalue weighted by Crippen LogP contribution is -2.35. The minimum atomic E-state index is -0.426. The normalized spacial score (nSPS) is 11.1. The number of thiazole rings is 1. The summed E-state index contributed by atoms with van der Waals surface area (Å²) in [5, 5.41) is 1.42. The van der Waals surface area contributed by atoms with Crippen molar-refractivity contribution in [1.82, 2.24) is 19.5 Å². The van der Waals surface area contributed by atoms with Gasteiger partial charge in [-0.15, -0.1) is 11.3 Å². The van der Waals surface area contributed by atoms with E-state index in [1.165, 1.54) is 4.57 Å². The third kappa shape index (κ3) is 2.52. The second kappa shape index (κ2) is 5.25. The van der Waals surface area contributed by atoms with Crippen LogP contribution in [0.3, 0.4) is 0 Å². The second-order valence-electron chi connectivity index (χ2n) is 4.78. The van der Waals surface area contributed by atoms with Crippen LogP contribution in [0.15, 0.2) is 27.9 Å². The van der Waals surface area contributed by atoms with E-state index in [9.17, 15) is 9.59 Å². The number of rotatable bonds is 3. The molecule has 0 atom stereocenters. The summed E-state index contributed by atoms with van der Waals surface area (Å²) in [5.41, 5.74) is 0.559. The maximum atomic E-state index is 12.4. The van der Waals surface area contributed by atoms with Crippen LogP contribution < -0.4 is 11.2 Å². The van der Waals surface area contributed by atoms with Gasteiger partial charge < -0.3 is 0 Å². The molecule has 3 aromatic rings. The van der Waals surface area contributed by atoms with E-state index in [1.807, 2.05) is 13.8 Å². The summed E-state index contributed by atoms with van der Waals surface area (Å²) < 4.78 is 1.22. The Kier molecular flexibility index (Phi) is 3.42. The molecule has 0 aliphatic carbocycles. The Hall–Kier alpha value is -2.28. The number of hydrogen-bond acceptors (Lipinski definition) is 5. The monoisotopic (exact) mass is 302 g/mol. The van der Waals surface area contributed by atoms with Gasteiger partial charge in [0.2, 0.25) is 0 Å². The van der Waals surface area contributed by atoms with E-state index >= 15 is 0 Å². The Labute approximate surface area is 124 Å². The standard InChI is InChI=1S/C14H14N4O2S/c1-8-11(21-9(2)16-8)5-7-18-13(19)10-4-3-6-15-12(10)17-14(18)20/h3-4,6H,5,7H2,1-2H3,(H,15,17,20). The van der Waals surface area contributed by atoms with Crippen molar-refractivity contribution in [3.8, 4) is 0 Å². The highest BCUT2D eigenvalue weighted by atomic mass is 32.1. The fraction of sp³-hybridized carbons (Fsp3) is 0.286. The number of nitrogens with one attached hydrogen (secondary N) is 1. The molecule has 0 amide bonds. The lowest BCUT2D eigenvalue weighted by Gasteiger charge is -2.05. The number of fused-ring (bicyclic) bond motifs is 1. The molecule has 3 heterocycles. The largest absolute Gasteiger partial charge is 0.330 e. The maximum absolute atomic E-state index is 12.4. The van der Waals surface area contributed by atoms with Gasteiger partial charge >= 0.3 is 5.69 Å². The third-order valence-corrected chi connectivity index (χ3v) is 4.45. The number of hydrogen-bond donors (Lipinski definition) is 1. The first-order chi connectivity index (χ1) is 10.1. The van der Waals surface area contributed by atoms with E-state index in [0.717, 1.165) is 15.6 Å². The lowest BCUT2D eigenvalue weighted by atomic mass is 10.3. The third-order valence-electron chi connectivity index (χ3n) is 3.32. The van der Waals surface area contributed by atoms with Gasteiger partial charge in [-0.2, -0.15) is 0 Å². The Bertz CT molecular complexity index is 923. The van der Waals surface area contributed by atoms with E-state index in [2.05, 4.69) is 15.0 Å². The summed E-state index contributed by atoms with van der Waals surface area (Å²) in [6, 6.07) is 3.35. The summed E-state index contributed by atoms with van der Waals surface area (Å²) >= 11 is 1.60. The minimum Gasteiger partial charge on any atom is -0.291 e. The van der Waals surface area contributed by atoms with E-state index in [0.29, 0.717) is 24.0 Å². The van der Waals surface area contributed by atoms with Gasteiger partial charge in [0, 0.05) is 24.0 Å². The highest BCUT2D eigenvalue weighted by Crippen LogP contribution is 2.17. The lowest BCUT2D eigenvalue weighted by molar-refractivity contribution is 0.637. The first-order valence-electron chi connectivity index (χ1n) is 6.57. The molecule has 0 aliphatic heterocycles. The van der Waals surface area contributed by atoms with Crippen molar-refractivity contribution in [3.05, 3.63) is 54.7 Å². The number of H-pyrrole nitrogens is 1. The van der Waals surface area contributed by atoms with Gasteiger partial charge in [-0.25, -0.2) is 14.8 Å². The number of aryl methyl sites for hydroxylation is 3. The predicted molar refractivity (Wildman–Crippen MR) is 81.9 cm³/mol. The quantitative estimate of drug-likeness (QED) is 0.793. The Morgan fingerprint density at radius 1 is 1.33 bits per heavy atom. The number of aromatic amines is 1. The van der Waals surface area contributed by atoms with Crippen LogP contribution in [0.1, 0.15) is 15.6 Å². The molecule has 3 rings (SSSR count). The molecule has 0 radical (unpaired) electrons. The molecule has 1 N–H and O–H groups in total. The molecule has 21 heavy (non-hydrogen) atoms. The first-order valence-corrected chi connectivity index (χ1v) is 7.38. The van der Waals surface area contributed by atoms with Crippen LogP contribution in [0.5, 0.6) is 0 Å². The van der Waals surface area contributed by atoms with Crippen molar-refractivity contribution < 1.29 is 0 Å². The topological polar surface area (TPSA) is 80.6 Å². The van der Waals surface area contributed by atoms with Crippen LogP contribution in [0.4, 0.5) is 0 Å². The van der Waals surface area contributed by atoms with E-state index < -0.39 is 5.69 Å². The molecule has 7 heteroatoms. The number of aromatic nitrogens is 4. The molecule has 108 valence electrons. The predicted octanol–water partition coefficient (Wildman–Crippen LogP) is 1.40. The first kappa shape index (κ1) is 13.7. The minimum absolute atomic E-state index is 0.305. The summed E-state index contributed by atoms with van der Waals surface area (Å²) in [5.74, 6) is 0. The molecular formula is C14H14N4O2S. The van der Waals surface area contributed by atoms with E-state index in [4.69, 9.17) is 0 Å². The molecule has 6 nitrogen and oxygen atoms in total. The maximum Gasteiger partial charge on any atom is 0.330 e. The molecular weight excluding hydrogens is 288 g/mol. The fourth-order valence-corrected chi connectivity index (χ4v) is 3.23. The van der Waals surface area contributed by atoms with Crippen LogP contribution in [0.2, 0.25) is 0 Å². The fourth-order valence-electron chi connectivity index (χ4n) is 2.31. The smallest absolute Gasteiger partial charge is 0.291 e. The van der Waals surface area contributed by atoms with Crippen molar-refractivity contribution in [2.24, 2.45) is 0 Å². The summed E-state index contributed by atoms with van der Waals surface area (Å²) in [6.07, 6.45) is 2.16. The Balaban J connectivity index is 1.99. The van der Waals surface area contributed by atoms with Crippen molar-refractivity contribution in [2.75, 3.05) is 0 Å². The van der Waals surface area contributed by atoms with Crippen LogP contribution in [0.25, 0.3) is 11.0 Å². The average Bonchev–Trinajstić information content (AvgIpc) is 2.77. The van der Waals surface area contributed by atoms with Gasteiger partial charge in [-0.3, -0.25) is 14.3 Å². The van der Waals surface area contributed by atoms with Crippen LogP contribution in [-0.2, 0) is 13.0 Å². The van der Waals surface area contributed by atoms with Crippen LogP contribution in [0, 0.1) is 13.8 Å². The zero-order valence-electron chi connectivity index (χ0n) is 11.7. The van der Waals surface area contributed by atoms with Gasteiger partial charge in [0.1, 0.15) is 5.65 Å². The number of pyridine rings is 1. The summed E-state index contributed by atoms with van der Waals surface area (Å²) in [6.45, 7) is 4.22. The van der Waals surface area contributed by atoms with E-state index in [1.54, 1.807) is 29.7 Å². The molecule has 0 spiro atoms. The highest BCUT2D eigenvalue weighted by Gasteiger charge is 2.10. The Morgan fingerprint density at radius 3 is 2.86 bits per heavy atom. The average molecular weight is 302 g/mol. The zero-order valence-corrected chi connectivity index (χ0v) is 12.5.